The zero-order valence-electron chi connectivity index (χ0n) is 13.6. The van der Waals surface area contributed by atoms with Crippen LogP contribution in [0.5, 0.6) is 5.75 Å². The fourth-order valence-electron chi connectivity index (χ4n) is 2.33. The Balaban J connectivity index is 2.54. The highest BCUT2D eigenvalue weighted by Gasteiger charge is 2.26. The van der Waals surface area contributed by atoms with E-state index in [2.05, 4.69) is 0 Å². The second-order valence-electron chi connectivity index (χ2n) is 5.08. The first-order valence-corrected chi connectivity index (χ1v) is 8.67. The van der Waals surface area contributed by atoms with Crippen molar-refractivity contribution in [2.45, 2.75) is 18.7 Å². The van der Waals surface area contributed by atoms with Crippen molar-refractivity contribution in [2.75, 3.05) is 18.0 Å². The molecule has 0 N–H and O–H groups in total. The highest BCUT2D eigenvalue weighted by Crippen LogP contribution is 2.29. The van der Waals surface area contributed by atoms with Gasteiger partial charge >= 0.3 is 0 Å². The summed E-state index contributed by atoms with van der Waals surface area (Å²) in [5.74, 6) is 0.524. The van der Waals surface area contributed by atoms with Crippen molar-refractivity contribution in [1.82, 2.24) is 0 Å². The van der Waals surface area contributed by atoms with Crippen LogP contribution in [0.15, 0.2) is 47.4 Å². The molecular weight excluding hydrogens is 332 g/mol. The maximum Gasteiger partial charge on any atom is 0.273 e. The van der Waals surface area contributed by atoms with Crippen molar-refractivity contribution in [3.8, 4) is 5.75 Å². The first-order valence-electron chi connectivity index (χ1n) is 7.23. The number of anilines is 1. The molecule has 0 aliphatic carbocycles. The van der Waals surface area contributed by atoms with Crippen LogP contribution in [0.3, 0.4) is 0 Å². The molecule has 128 valence electrons. The molecule has 0 heterocycles. The maximum absolute atomic E-state index is 12.9. The number of hydrogen-bond acceptors (Lipinski definition) is 5. The largest absolute Gasteiger partial charge is 0.497 e. The quantitative estimate of drug-likeness (QED) is 0.590. The molecule has 0 atom stereocenters. The van der Waals surface area contributed by atoms with Crippen LogP contribution in [0, 0.1) is 17.0 Å². The third-order valence-corrected chi connectivity index (χ3v) is 5.49. The Morgan fingerprint density at radius 1 is 1.21 bits per heavy atom. The molecule has 2 aromatic rings. The van der Waals surface area contributed by atoms with E-state index in [1.165, 1.54) is 23.5 Å². The number of nitrogens with zero attached hydrogens (tertiary/aromatic N) is 2. The molecule has 0 saturated heterocycles. The van der Waals surface area contributed by atoms with Gasteiger partial charge in [-0.2, -0.15) is 0 Å². The summed E-state index contributed by atoms with van der Waals surface area (Å²) in [6.07, 6.45) is 0. The van der Waals surface area contributed by atoms with Crippen LogP contribution in [-0.2, 0) is 10.0 Å². The lowest BCUT2D eigenvalue weighted by molar-refractivity contribution is -0.385. The zero-order chi connectivity index (χ0) is 17.9. The molecule has 0 radical (unpaired) electrons. The highest BCUT2D eigenvalue weighted by atomic mass is 32.2. The topological polar surface area (TPSA) is 89.8 Å². The minimum Gasteiger partial charge on any atom is -0.497 e. The van der Waals surface area contributed by atoms with E-state index >= 15 is 0 Å². The minimum absolute atomic E-state index is 0.121. The smallest absolute Gasteiger partial charge is 0.273 e. The van der Waals surface area contributed by atoms with Gasteiger partial charge < -0.3 is 4.74 Å². The molecule has 0 spiro atoms. The first-order chi connectivity index (χ1) is 11.3. The molecule has 0 bridgehead atoms. The van der Waals surface area contributed by atoms with E-state index < -0.39 is 14.9 Å². The summed E-state index contributed by atoms with van der Waals surface area (Å²) in [7, 11) is -2.44. The van der Waals surface area contributed by atoms with Crippen LogP contribution < -0.4 is 9.04 Å². The van der Waals surface area contributed by atoms with Crippen LogP contribution in [0.2, 0.25) is 0 Å². The predicted molar refractivity (Wildman–Crippen MR) is 91.0 cm³/mol. The van der Waals surface area contributed by atoms with Gasteiger partial charge in [-0.1, -0.05) is 12.1 Å². The Bertz CT molecular complexity index is 865. The van der Waals surface area contributed by atoms with E-state index in [4.69, 9.17) is 4.74 Å². The highest BCUT2D eigenvalue weighted by molar-refractivity contribution is 7.92. The number of aryl methyl sites for hydroxylation is 1. The normalized spacial score (nSPS) is 11.1. The Morgan fingerprint density at radius 3 is 2.50 bits per heavy atom. The molecule has 0 amide bonds. The second kappa shape index (κ2) is 6.88. The number of sulfonamides is 1. The fraction of sp³-hybridized carbons (Fsp3) is 0.250. The van der Waals surface area contributed by atoms with Gasteiger partial charge in [0, 0.05) is 24.2 Å². The van der Waals surface area contributed by atoms with Crippen molar-refractivity contribution in [1.29, 1.82) is 0 Å². The zero-order valence-corrected chi connectivity index (χ0v) is 14.4. The summed E-state index contributed by atoms with van der Waals surface area (Å²) in [4.78, 5) is 10.4. The van der Waals surface area contributed by atoms with Gasteiger partial charge in [0.1, 0.15) is 5.75 Å². The van der Waals surface area contributed by atoms with Gasteiger partial charge in [-0.3, -0.25) is 14.4 Å². The molecule has 24 heavy (non-hydrogen) atoms. The summed E-state index contributed by atoms with van der Waals surface area (Å²) in [6.45, 7) is 3.44. The third-order valence-electron chi connectivity index (χ3n) is 3.59. The van der Waals surface area contributed by atoms with Crippen molar-refractivity contribution in [2.24, 2.45) is 0 Å². The molecular formula is C16H18N2O5S. The van der Waals surface area contributed by atoms with Gasteiger partial charge in [0.05, 0.1) is 22.6 Å². The van der Waals surface area contributed by atoms with Crippen molar-refractivity contribution in [3.05, 3.63) is 58.1 Å². The van der Waals surface area contributed by atoms with Crippen molar-refractivity contribution >= 4 is 21.4 Å². The Hall–Kier alpha value is -2.61. The first kappa shape index (κ1) is 17.7. The number of benzene rings is 2. The van der Waals surface area contributed by atoms with Gasteiger partial charge in [0.15, 0.2) is 0 Å². The van der Waals surface area contributed by atoms with Crippen LogP contribution in [0.4, 0.5) is 11.4 Å². The Labute approximate surface area is 140 Å². The number of hydrogen-bond donors (Lipinski definition) is 0. The van der Waals surface area contributed by atoms with Gasteiger partial charge in [0.25, 0.3) is 15.7 Å². The molecule has 0 aliphatic rings. The summed E-state index contributed by atoms with van der Waals surface area (Å²) in [6, 6.07) is 10.5. The maximum atomic E-state index is 12.9. The van der Waals surface area contributed by atoms with Gasteiger partial charge in [-0.05, 0) is 32.0 Å². The molecule has 2 rings (SSSR count). The lowest BCUT2D eigenvalue weighted by atomic mass is 10.2. The number of methoxy groups -OCH3 is 1. The van der Waals surface area contributed by atoms with E-state index in [-0.39, 0.29) is 17.1 Å². The fourth-order valence-corrected chi connectivity index (χ4v) is 3.82. The molecule has 0 unspecified atom stereocenters. The summed E-state index contributed by atoms with van der Waals surface area (Å²) in [5, 5.41) is 11.1. The standard InChI is InChI=1S/C16H18N2O5S/c1-4-17(13-6-5-7-14(10-13)23-3)24(21,22)15-9-8-12(2)16(11-15)18(19)20/h5-11H,4H2,1-3H3. The van der Waals surface area contributed by atoms with Gasteiger partial charge in [-0.25, -0.2) is 8.42 Å². The molecule has 0 fully saturated rings. The third kappa shape index (κ3) is 3.33. The average Bonchev–Trinajstić information content (AvgIpc) is 2.55. The van der Waals surface area contributed by atoms with Gasteiger partial charge in [0.2, 0.25) is 0 Å². The molecule has 7 nitrogen and oxygen atoms in total. The number of nitro benzene ring substituents is 1. The predicted octanol–water partition coefficient (Wildman–Crippen LogP) is 3.13. The van der Waals surface area contributed by atoms with E-state index in [0.29, 0.717) is 17.0 Å². The summed E-state index contributed by atoms with van der Waals surface area (Å²) >= 11 is 0. The molecule has 2 aromatic carbocycles. The van der Waals surface area contributed by atoms with Crippen LogP contribution >= 0.6 is 0 Å². The Morgan fingerprint density at radius 2 is 1.92 bits per heavy atom. The average molecular weight is 350 g/mol. The lowest BCUT2D eigenvalue weighted by Gasteiger charge is -2.23. The van der Waals surface area contributed by atoms with E-state index in [1.807, 2.05) is 0 Å². The monoisotopic (exact) mass is 350 g/mol. The van der Waals surface area contributed by atoms with Gasteiger partial charge in [-0.15, -0.1) is 0 Å². The minimum atomic E-state index is -3.93. The number of rotatable bonds is 6. The number of nitro groups is 1. The van der Waals surface area contributed by atoms with E-state index in [0.717, 1.165) is 6.07 Å². The molecule has 0 aromatic heterocycles. The second-order valence-corrected chi connectivity index (χ2v) is 6.94. The van der Waals surface area contributed by atoms with E-state index in [1.54, 1.807) is 38.1 Å². The molecule has 0 aliphatic heterocycles. The number of ether oxygens (including phenoxy) is 1. The van der Waals surface area contributed by atoms with Crippen LogP contribution in [-0.4, -0.2) is 27.0 Å². The van der Waals surface area contributed by atoms with Crippen molar-refractivity contribution < 1.29 is 18.1 Å². The molecule has 8 heteroatoms. The Kier molecular flexibility index (Phi) is 5.08. The van der Waals surface area contributed by atoms with Crippen molar-refractivity contribution in [3.63, 3.8) is 0 Å². The lowest BCUT2D eigenvalue weighted by Crippen LogP contribution is -2.30. The van der Waals surface area contributed by atoms with Crippen LogP contribution in [0.25, 0.3) is 0 Å². The van der Waals surface area contributed by atoms with Crippen LogP contribution in [0.1, 0.15) is 12.5 Å². The SMILES string of the molecule is CCN(c1cccc(OC)c1)S(=O)(=O)c1ccc(C)c([N+](=O)[O-])c1. The molecule has 0 saturated carbocycles. The van der Waals surface area contributed by atoms with E-state index in [9.17, 15) is 18.5 Å². The summed E-state index contributed by atoms with van der Waals surface area (Å²) < 4.78 is 32.1. The summed E-state index contributed by atoms with van der Waals surface area (Å²) in [5.41, 5.74) is 0.612.